The minimum Gasteiger partial charge on any atom is -0.228 e. The molecule has 53 heavy (non-hydrogen) atoms. The number of hydrogen-bond acceptors (Lipinski definition) is 2. The first-order valence-corrected chi connectivity index (χ1v) is 18.3. The Bertz CT molecular complexity index is 2830. The lowest BCUT2D eigenvalue weighted by molar-refractivity contribution is 0.661. The number of benzene rings is 8. The molecule has 0 spiro atoms. The highest BCUT2D eigenvalue weighted by Crippen LogP contribution is 2.53. The molecule has 0 fully saturated rings. The van der Waals surface area contributed by atoms with Crippen LogP contribution in [-0.4, -0.2) is 9.97 Å². The van der Waals surface area contributed by atoms with Gasteiger partial charge in [0.2, 0.25) is 0 Å². The largest absolute Gasteiger partial charge is 0.228 e. The van der Waals surface area contributed by atoms with Gasteiger partial charge in [0, 0.05) is 22.1 Å². The maximum atomic E-state index is 5.29. The lowest BCUT2D eigenvalue weighted by atomic mass is 9.81. The first-order chi connectivity index (χ1) is 26.0. The van der Waals surface area contributed by atoms with Crippen LogP contribution in [0.4, 0.5) is 0 Å². The topological polar surface area (TPSA) is 25.8 Å². The molecule has 1 aliphatic rings. The Morgan fingerprint density at radius 1 is 0.358 bits per heavy atom. The van der Waals surface area contributed by atoms with Crippen molar-refractivity contribution in [2.24, 2.45) is 0 Å². The molecule has 9 aromatic rings. The second-order valence-corrected chi connectivity index (χ2v) is 14.6. The van der Waals surface area contributed by atoms with Crippen molar-refractivity contribution in [1.29, 1.82) is 0 Å². The number of aromatic nitrogens is 2. The maximum absolute atomic E-state index is 5.29. The average molecular weight is 677 g/mol. The molecule has 0 saturated heterocycles. The van der Waals surface area contributed by atoms with E-state index in [0.29, 0.717) is 0 Å². The van der Waals surface area contributed by atoms with Crippen LogP contribution in [0.5, 0.6) is 0 Å². The third-order valence-corrected chi connectivity index (χ3v) is 11.1. The Hall–Kier alpha value is -6.64. The van der Waals surface area contributed by atoms with E-state index in [1.54, 1.807) is 0 Å². The van der Waals surface area contributed by atoms with E-state index in [-0.39, 0.29) is 5.41 Å². The van der Waals surface area contributed by atoms with Crippen LogP contribution in [0.15, 0.2) is 182 Å². The van der Waals surface area contributed by atoms with Gasteiger partial charge in [-0.05, 0) is 84.3 Å². The van der Waals surface area contributed by atoms with Gasteiger partial charge >= 0.3 is 0 Å². The van der Waals surface area contributed by atoms with Gasteiger partial charge in [-0.1, -0.05) is 178 Å². The van der Waals surface area contributed by atoms with E-state index in [9.17, 15) is 0 Å². The first-order valence-electron chi connectivity index (χ1n) is 18.3. The van der Waals surface area contributed by atoms with Crippen LogP contribution in [0, 0.1) is 0 Å². The fraction of sp³-hybridized carbons (Fsp3) is 0.0588. The minimum absolute atomic E-state index is 0.139. The molecule has 0 N–H and O–H groups in total. The minimum atomic E-state index is -0.139. The molecule has 0 aliphatic heterocycles. The highest BCUT2D eigenvalue weighted by atomic mass is 14.9. The standard InChI is InChI=1S/C51H36N2/c1-51(2)44-23-13-22-42(49(44)43-30-38-19-9-10-20-39(38)31-45(43)51)47-32-46(52-50(53-47)37-17-7-4-8-18-37)35-26-24-34(25-27-35)41-29-28-33-14-11-12-21-40(33)48(41)36-15-5-3-6-16-36/h3-32H,1-2H3. The lowest BCUT2D eigenvalue weighted by Gasteiger charge is -2.22. The molecule has 250 valence electrons. The summed E-state index contributed by atoms with van der Waals surface area (Å²) in [5.74, 6) is 0.719. The van der Waals surface area contributed by atoms with Gasteiger partial charge in [0.25, 0.3) is 0 Å². The second-order valence-electron chi connectivity index (χ2n) is 14.6. The monoisotopic (exact) mass is 676 g/mol. The Labute approximate surface area is 310 Å². The quantitative estimate of drug-likeness (QED) is 0.181. The number of fused-ring (bicyclic) bond motifs is 5. The fourth-order valence-electron chi connectivity index (χ4n) is 8.38. The zero-order valence-electron chi connectivity index (χ0n) is 29.7. The van der Waals surface area contributed by atoms with Gasteiger partial charge in [-0.3, -0.25) is 0 Å². The smallest absolute Gasteiger partial charge is 0.160 e. The van der Waals surface area contributed by atoms with Crippen molar-refractivity contribution in [2.75, 3.05) is 0 Å². The van der Waals surface area contributed by atoms with Gasteiger partial charge in [-0.2, -0.15) is 0 Å². The highest BCUT2D eigenvalue weighted by Gasteiger charge is 2.37. The molecule has 10 rings (SSSR count). The molecule has 0 amide bonds. The molecule has 0 radical (unpaired) electrons. The van der Waals surface area contributed by atoms with Crippen molar-refractivity contribution >= 4 is 21.5 Å². The predicted molar refractivity (Wildman–Crippen MR) is 222 cm³/mol. The van der Waals surface area contributed by atoms with E-state index in [0.717, 1.165) is 33.9 Å². The van der Waals surface area contributed by atoms with Crippen molar-refractivity contribution < 1.29 is 0 Å². The van der Waals surface area contributed by atoms with Crippen LogP contribution < -0.4 is 0 Å². The van der Waals surface area contributed by atoms with Crippen molar-refractivity contribution in [1.82, 2.24) is 9.97 Å². The van der Waals surface area contributed by atoms with Crippen LogP contribution in [-0.2, 0) is 5.41 Å². The van der Waals surface area contributed by atoms with Crippen LogP contribution in [0.3, 0.4) is 0 Å². The van der Waals surface area contributed by atoms with Crippen LogP contribution in [0.25, 0.3) is 88.8 Å². The van der Waals surface area contributed by atoms with Crippen molar-refractivity contribution in [3.63, 3.8) is 0 Å². The summed E-state index contributed by atoms with van der Waals surface area (Å²) in [6.07, 6.45) is 0. The van der Waals surface area contributed by atoms with Gasteiger partial charge in [-0.15, -0.1) is 0 Å². The molecule has 2 nitrogen and oxygen atoms in total. The molecule has 0 saturated carbocycles. The summed E-state index contributed by atoms with van der Waals surface area (Å²) in [6, 6.07) is 65.4. The summed E-state index contributed by atoms with van der Waals surface area (Å²) in [7, 11) is 0. The fourth-order valence-corrected chi connectivity index (χ4v) is 8.38. The summed E-state index contributed by atoms with van der Waals surface area (Å²) >= 11 is 0. The third kappa shape index (κ3) is 5.18. The summed E-state index contributed by atoms with van der Waals surface area (Å²) in [5, 5.41) is 5.01. The van der Waals surface area contributed by atoms with Crippen molar-refractivity contribution in [2.45, 2.75) is 19.3 Å². The Balaban J connectivity index is 1.13. The predicted octanol–water partition coefficient (Wildman–Crippen LogP) is 13.4. The molecule has 1 aliphatic carbocycles. The molecular weight excluding hydrogens is 641 g/mol. The number of nitrogens with zero attached hydrogens (tertiary/aromatic N) is 2. The maximum Gasteiger partial charge on any atom is 0.160 e. The summed E-state index contributed by atoms with van der Waals surface area (Å²) in [4.78, 5) is 10.5. The molecular formula is C51H36N2. The summed E-state index contributed by atoms with van der Waals surface area (Å²) in [5.41, 5.74) is 14.9. The van der Waals surface area contributed by atoms with Crippen molar-refractivity contribution in [3.05, 3.63) is 193 Å². The number of hydrogen-bond donors (Lipinski definition) is 0. The van der Waals surface area contributed by atoms with E-state index in [1.807, 2.05) is 6.07 Å². The molecule has 1 aromatic heterocycles. The Morgan fingerprint density at radius 3 is 1.74 bits per heavy atom. The normalized spacial score (nSPS) is 12.9. The molecule has 0 unspecified atom stereocenters. The van der Waals surface area contributed by atoms with E-state index in [4.69, 9.17) is 9.97 Å². The zero-order valence-corrected chi connectivity index (χ0v) is 29.7. The van der Waals surface area contributed by atoms with Gasteiger partial charge < -0.3 is 0 Å². The first kappa shape index (κ1) is 31.1. The van der Waals surface area contributed by atoms with Gasteiger partial charge in [0.05, 0.1) is 11.4 Å². The zero-order chi connectivity index (χ0) is 35.5. The van der Waals surface area contributed by atoms with Gasteiger partial charge in [0.15, 0.2) is 5.82 Å². The van der Waals surface area contributed by atoms with E-state index in [1.165, 1.54) is 66.1 Å². The van der Waals surface area contributed by atoms with Crippen LogP contribution >= 0.6 is 0 Å². The Morgan fingerprint density at radius 2 is 0.981 bits per heavy atom. The molecule has 0 atom stereocenters. The number of rotatable bonds is 5. The van der Waals surface area contributed by atoms with E-state index >= 15 is 0 Å². The van der Waals surface area contributed by atoms with Gasteiger partial charge in [-0.25, -0.2) is 9.97 Å². The summed E-state index contributed by atoms with van der Waals surface area (Å²) < 4.78 is 0. The van der Waals surface area contributed by atoms with Crippen molar-refractivity contribution in [3.8, 4) is 67.3 Å². The second kappa shape index (κ2) is 12.3. The van der Waals surface area contributed by atoms with Crippen LogP contribution in [0.1, 0.15) is 25.0 Å². The van der Waals surface area contributed by atoms with E-state index < -0.39 is 0 Å². The van der Waals surface area contributed by atoms with Crippen LogP contribution in [0.2, 0.25) is 0 Å². The molecule has 8 aromatic carbocycles. The van der Waals surface area contributed by atoms with E-state index in [2.05, 4.69) is 190 Å². The molecule has 2 heteroatoms. The molecule has 0 bridgehead atoms. The molecule has 1 heterocycles. The SMILES string of the molecule is CC1(C)c2cc3ccccc3cc2-c2c(-c3cc(-c4ccc(-c5ccc6ccccc6c5-c5ccccc5)cc4)nc(-c4ccccc4)n3)cccc21. The van der Waals surface area contributed by atoms with Gasteiger partial charge in [0.1, 0.15) is 0 Å². The average Bonchev–Trinajstić information content (AvgIpc) is 3.45. The third-order valence-electron chi connectivity index (χ3n) is 11.1. The highest BCUT2D eigenvalue weighted by molar-refractivity contribution is 6.04. The summed E-state index contributed by atoms with van der Waals surface area (Å²) in [6.45, 7) is 4.69. The lowest BCUT2D eigenvalue weighted by Crippen LogP contribution is -2.14. The Kier molecular flexibility index (Phi) is 7.19.